The molecule has 6 heteroatoms. The van der Waals surface area contributed by atoms with Crippen LogP contribution in [0.5, 0.6) is 0 Å². The molecule has 31 heavy (non-hydrogen) atoms. The van der Waals surface area contributed by atoms with E-state index in [9.17, 15) is 9.59 Å². The molecule has 3 aromatic rings. The highest BCUT2D eigenvalue weighted by atomic mass is 16.2. The summed E-state index contributed by atoms with van der Waals surface area (Å²) in [5.41, 5.74) is 2.59. The van der Waals surface area contributed by atoms with Crippen molar-refractivity contribution in [3.8, 4) is 0 Å². The number of nitrogens with zero attached hydrogens (tertiary/aromatic N) is 1. The van der Waals surface area contributed by atoms with Crippen molar-refractivity contribution in [2.45, 2.75) is 18.8 Å². The first kappa shape index (κ1) is 19.7. The van der Waals surface area contributed by atoms with Gasteiger partial charge in [0.1, 0.15) is 0 Å². The lowest BCUT2D eigenvalue weighted by molar-refractivity contribution is -0.117. The van der Waals surface area contributed by atoms with Gasteiger partial charge in [0.15, 0.2) is 0 Å². The van der Waals surface area contributed by atoms with Crippen LogP contribution in [0.1, 0.15) is 34.7 Å². The molecule has 5 rings (SSSR count). The minimum Gasteiger partial charge on any atom is -0.352 e. The van der Waals surface area contributed by atoms with Crippen LogP contribution in [0, 0.1) is 11.8 Å². The Labute approximate surface area is 181 Å². The summed E-state index contributed by atoms with van der Waals surface area (Å²) in [6.45, 7) is 2.72. The molecule has 0 spiro atoms. The van der Waals surface area contributed by atoms with E-state index < -0.39 is 0 Å². The number of benzene rings is 2. The number of nitrogens with one attached hydrogen (secondary N) is 3. The van der Waals surface area contributed by atoms with E-state index in [-0.39, 0.29) is 23.7 Å². The second kappa shape index (κ2) is 8.47. The highest BCUT2D eigenvalue weighted by Gasteiger charge is 2.43. The minimum atomic E-state index is -0.0324. The van der Waals surface area contributed by atoms with Crippen LogP contribution in [0.2, 0.25) is 0 Å². The van der Waals surface area contributed by atoms with Gasteiger partial charge in [-0.2, -0.15) is 0 Å². The molecule has 0 bridgehead atoms. The lowest BCUT2D eigenvalue weighted by Crippen LogP contribution is -2.30. The highest BCUT2D eigenvalue weighted by molar-refractivity contribution is 5.97. The summed E-state index contributed by atoms with van der Waals surface area (Å²) in [5.74, 6) is 0.725. The molecule has 6 nitrogen and oxygen atoms in total. The molecule has 2 aliphatic rings. The summed E-state index contributed by atoms with van der Waals surface area (Å²) in [6.07, 6.45) is 5.51. The SMILES string of the molecule is O=C(NCC1CCNC1)c1ccc(C2CC2C(=O)Nc2ccc3cnccc3c2)cc1. The van der Waals surface area contributed by atoms with Gasteiger partial charge in [-0.15, -0.1) is 0 Å². The average Bonchev–Trinajstić information content (AvgIpc) is 3.44. The van der Waals surface area contributed by atoms with Gasteiger partial charge >= 0.3 is 0 Å². The Balaban J connectivity index is 1.16. The van der Waals surface area contributed by atoms with Crippen LogP contribution in [0.3, 0.4) is 0 Å². The number of pyridine rings is 1. The van der Waals surface area contributed by atoms with Crippen LogP contribution in [0.25, 0.3) is 10.8 Å². The van der Waals surface area contributed by atoms with E-state index in [1.54, 1.807) is 6.20 Å². The first-order valence-corrected chi connectivity index (χ1v) is 10.9. The number of hydrogen-bond acceptors (Lipinski definition) is 4. The van der Waals surface area contributed by atoms with Crippen LogP contribution in [-0.2, 0) is 4.79 Å². The molecular formula is C25H26N4O2. The Kier molecular flexibility index (Phi) is 5.38. The van der Waals surface area contributed by atoms with Crippen molar-refractivity contribution in [2.75, 3.05) is 25.0 Å². The van der Waals surface area contributed by atoms with E-state index in [1.165, 1.54) is 0 Å². The Hall–Kier alpha value is -3.25. The summed E-state index contributed by atoms with van der Waals surface area (Å²) >= 11 is 0. The molecule has 1 aromatic heterocycles. The van der Waals surface area contributed by atoms with E-state index in [4.69, 9.17) is 0 Å². The highest BCUT2D eigenvalue weighted by Crippen LogP contribution is 2.48. The molecule has 3 unspecified atom stereocenters. The summed E-state index contributed by atoms with van der Waals surface area (Å²) < 4.78 is 0. The summed E-state index contributed by atoms with van der Waals surface area (Å²) in [7, 11) is 0. The fourth-order valence-corrected chi connectivity index (χ4v) is 4.36. The molecule has 3 N–H and O–H groups in total. The topological polar surface area (TPSA) is 83.1 Å². The Bertz CT molecular complexity index is 1110. The lowest BCUT2D eigenvalue weighted by Gasteiger charge is -2.10. The molecule has 2 amide bonds. The van der Waals surface area contributed by atoms with Crippen molar-refractivity contribution in [1.82, 2.24) is 15.6 Å². The Morgan fingerprint density at radius 1 is 1.06 bits per heavy atom. The molecule has 2 aromatic carbocycles. The Morgan fingerprint density at radius 3 is 2.74 bits per heavy atom. The first-order valence-electron chi connectivity index (χ1n) is 10.9. The number of hydrogen-bond donors (Lipinski definition) is 3. The number of carbonyl (C=O) groups is 2. The normalized spacial score (nSPS) is 22.3. The zero-order valence-corrected chi connectivity index (χ0v) is 17.3. The van der Waals surface area contributed by atoms with E-state index in [1.807, 2.05) is 54.7 Å². The molecular weight excluding hydrogens is 388 g/mol. The number of amides is 2. The van der Waals surface area contributed by atoms with Crippen LogP contribution >= 0.6 is 0 Å². The summed E-state index contributed by atoms with van der Waals surface area (Å²) in [6, 6.07) is 15.5. The van der Waals surface area contributed by atoms with Gasteiger partial charge < -0.3 is 16.0 Å². The van der Waals surface area contributed by atoms with Gasteiger partial charge in [-0.1, -0.05) is 18.2 Å². The monoisotopic (exact) mass is 414 g/mol. The number of rotatable bonds is 6. The maximum atomic E-state index is 12.7. The van der Waals surface area contributed by atoms with E-state index >= 15 is 0 Å². The molecule has 2 fully saturated rings. The molecule has 0 radical (unpaired) electrons. The fraction of sp³-hybridized carbons (Fsp3) is 0.320. The second-order valence-electron chi connectivity index (χ2n) is 8.57. The molecule has 1 saturated heterocycles. The predicted octanol–water partition coefficient (Wildman–Crippen LogP) is 3.32. The maximum absolute atomic E-state index is 12.7. The van der Waals surface area contributed by atoms with Crippen molar-refractivity contribution >= 4 is 28.3 Å². The summed E-state index contributed by atoms with van der Waals surface area (Å²) in [5, 5.41) is 11.5. The van der Waals surface area contributed by atoms with E-state index in [0.717, 1.165) is 48.0 Å². The number of aromatic nitrogens is 1. The Morgan fingerprint density at radius 2 is 1.94 bits per heavy atom. The van der Waals surface area contributed by atoms with Crippen molar-refractivity contribution in [3.05, 3.63) is 72.1 Å². The van der Waals surface area contributed by atoms with Crippen LogP contribution < -0.4 is 16.0 Å². The van der Waals surface area contributed by atoms with Crippen LogP contribution in [0.15, 0.2) is 60.9 Å². The van der Waals surface area contributed by atoms with Crippen LogP contribution in [0.4, 0.5) is 5.69 Å². The predicted molar refractivity (Wildman–Crippen MR) is 121 cm³/mol. The third-order valence-corrected chi connectivity index (χ3v) is 6.35. The van der Waals surface area contributed by atoms with Gasteiger partial charge in [0.2, 0.25) is 5.91 Å². The number of anilines is 1. The van der Waals surface area contributed by atoms with Gasteiger partial charge in [-0.3, -0.25) is 14.6 Å². The standard InChI is InChI=1S/C25H26N4O2/c30-24(28-14-16-7-9-26-13-16)18-3-1-17(2-4-18)22-12-23(22)25(31)29-21-6-5-20-15-27-10-8-19(20)11-21/h1-6,8,10-11,15-16,22-23,26H,7,9,12-14H2,(H,28,30)(H,29,31). The summed E-state index contributed by atoms with van der Waals surface area (Å²) in [4.78, 5) is 29.2. The van der Waals surface area contributed by atoms with Crippen molar-refractivity contribution in [2.24, 2.45) is 11.8 Å². The van der Waals surface area contributed by atoms with Gasteiger partial charge in [-0.05, 0) is 79.0 Å². The average molecular weight is 415 g/mol. The molecule has 3 atom stereocenters. The maximum Gasteiger partial charge on any atom is 0.251 e. The van der Waals surface area contributed by atoms with Crippen molar-refractivity contribution in [3.63, 3.8) is 0 Å². The third-order valence-electron chi connectivity index (χ3n) is 6.35. The second-order valence-corrected chi connectivity index (χ2v) is 8.57. The van der Waals surface area contributed by atoms with E-state index in [2.05, 4.69) is 20.9 Å². The van der Waals surface area contributed by atoms with Gasteiger partial charge in [0, 0.05) is 41.5 Å². The molecule has 1 saturated carbocycles. The van der Waals surface area contributed by atoms with Crippen molar-refractivity contribution < 1.29 is 9.59 Å². The van der Waals surface area contributed by atoms with Crippen molar-refractivity contribution in [1.29, 1.82) is 0 Å². The quantitative estimate of drug-likeness (QED) is 0.578. The zero-order valence-electron chi connectivity index (χ0n) is 17.3. The van der Waals surface area contributed by atoms with E-state index in [0.29, 0.717) is 18.0 Å². The molecule has 1 aliphatic carbocycles. The van der Waals surface area contributed by atoms with Crippen LogP contribution in [-0.4, -0.2) is 36.4 Å². The largest absolute Gasteiger partial charge is 0.352 e. The molecule has 158 valence electrons. The third kappa shape index (κ3) is 4.44. The smallest absolute Gasteiger partial charge is 0.251 e. The van der Waals surface area contributed by atoms with Gasteiger partial charge in [0.25, 0.3) is 5.91 Å². The van der Waals surface area contributed by atoms with Gasteiger partial charge in [0.05, 0.1) is 0 Å². The molecule has 1 aliphatic heterocycles. The lowest BCUT2D eigenvalue weighted by atomic mass is 10.1. The first-order chi connectivity index (χ1) is 15.2. The fourth-order valence-electron chi connectivity index (χ4n) is 4.36. The number of fused-ring (bicyclic) bond motifs is 1. The minimum absolute atomic E-state index is 0.0253. The number of carbonyl (C=O) groups excluding carboxylic acids is 2. The zero-order chi connectivity index (χ0) is 21.2. The molecule has 2 heterocycles. The van der Waals surface area contributed by atoms with Gasteiger partial charge in [-0.25, -0.2) is 0 Å².